The van der Waals surface area contributed by atoms with Crippen LogP contribution in [0.2, 0.25) is 0 Å². The van der Waals surface area contributed by atoms with Crippen molar-refractivity contribution in [3.8, 4) is 11.1 Å². The van der Waals surface area contributed by atoms with E-state index in [0.717, 1.165) is 30.1 Å². The summed E-state index contributed by atoms with van der Waals surface area (Å²) >= 11 is 0. The van der Waals surface area contributed by atoms with Gasteiger partial charge in [0, 0.05) is 12.1 Å². The summed E-state index contributed by atoms with van der Waals surface area (Å²) in [5, 5.41) is 6.50. The summed E-state index contributed by atoms with van der Waals surface area (Å²) in [6, 6.07) is 23.5. The third-order valence-corrected chi connectivity index (χ3v) is 5.86. The second kappa shape index (κ2) is 9.59. The molecule has 0 unspecified atom stereocenters. The number of nitrogens with two attached hydrogens (primary N) is 1. The number of hydrogen-bond acceptors (Lipinski definition) is 3. The van der Waals surface area contributed by atoms with E-state index in [1.165, 1.54) is 31.2 Å². The molecule has 0 spiro atoms. The van der Waals surface area contributed by atoms with Crippen molar-refractivity contribution in [2.45, 2.75) is 32.2 Å². The van der Waals surface area contributed by atoms with Crippen molar-refractivity contribution in [3.05, 3.63) is 83.9 Å². The minimum Gasteiger partial charge on any atom is -0.397 e. The fourth-order valence-electron chi connectivity index (χ4n) is 4.08. The van der Waals surface area contributed by atoms with Crippen molar-refractivity contribution in [2.24, 2.45) is 5.92 Å². The summed E-state index contributed by atoms with van der Waals surface area (Å²) < 4.78 is 0. The molecule has 4 heteroatoms. The highest BCUT2D eigenvalue weighted by Crippen LogP contribution is 2.27. The summed E-state index contributed by atoms with van der Waals surface area (Å²) in [5.41, 5.74) is 11.2. The number of benzene rings is 3. The van der Waals surface area contributed by atoms with Gasteiger partial charge in [0.05, 0.1) is 11.4 Å². The maximum Gasteiger partial charge on any atom is 0.255 e. The Kier molecular flexibility index (Phi) is 6.45. The lowest BCUT2D eigenvalue weighted by atomic mass is 10.0. The fourth-order valence-corrected chi connectivity index (χ4v) is 4.08. The second-order valence-corrected chi connectivity index (χ2v) is 8.10. The molecule has 3 aromatic rings. The molecule has 0 saturated heterocycles. The molecule has 1 fully saturated rings. The molecule has 1 saturated carbocycles. The maximum absolute atomic E-state index is 12.7. The van der Waals surface area contributed by atoms with Crippen LogP contribution in [0.25, 0.3) is 11.1 Å². The molecule has 4 N–H and O–H groups in total. The number of rotatable bonds is 7. The van der Waals surface area contributed by atoms with Gasteiger partial charge in [0.15, 0.2) is 0 Å². The van der Waals surface area contributed by atoms with Gasteiger partial charge in [0.2, 0.25) is 0 Å². The molecule has 30 heavy (non-hydrogen) atoms. The second-order valence-electron chi connectivity index (χ2n) is 8.10. The number of nitrogen functional groups attached to an aromatic ring is 1. The van der Waals surface area contributed by atoms with Gasteiger partial charge >= 0.3 is 0 Å². The number of amides is 1. The average Bonchev–Trinajstić information content (AvgIpc) is 3.30. The standard InChI is InChI=1S/C26H29N3O/c27-24-15-14-23(21-8-2-1-3-9-21)16-25(24)29-26(30)22-12-10-20(11-13-22)18-28-17-19-6-4-5-7-19/h1-3,8-16,19,28H,4-7,17-18,27H2,(H,29,30). The Labute approximate surface area is 178 Å². The molecule has 1 aliphatic carbocycles. The van der Waals surface area contributed by atoms with Crippen molar-refractivity contribution in [3.63, 3.8) is 0 Å². The first kappa shape index (κ1) is 20.2. The first-order valence-corrected chi connectivity index (χ1v) is 10.7. The highest BCUT2D eigenvalue weighted by atomic mass is 16.1. The summed E-state index contributed by atoms with van der Waals surface area (Å²) in [6.45, 7) is 1.92. The monoisotopic (exact) mass is 399 g/mol. The number of carbonyl (C=O) groups excluding carboxylic acids is 1. The van der Waals surface area contributed by atoms with Crippen LogP contribution in [0.5, 0.6) is 0 Å². The Bertz CT molecular complexity index is 977. The molecule has 0 aromatic heterocycles. The van der Waals surface area contributed by atoms with E-state index in [1.54, 1.807) is 0 Å². The summed E-state index contributed by atoms with van der Waals surface area (Å²) in [7, 11) is 0. The highest BCUT2D eigenvalue weighted by molar-refractivity contribution is 6.06. The first-order valence-electron chi connectivity index (χ1n) is 10.7. The first-order chi connectivity index (χ1) is 14.7. The van der Waals surface area contributed by atoms with Crippen LogP contribution >= 0.6 is 0 Å². The fraction of sp³-hybridized carbons (Fsp3) is 0.269. The number of nitrogens with one attached hydrogen (secondary N) is 2. The number of anilines is 2. The zero-order chi connectivity index (χ0) is 20.8. The van der Waals surface area contributed by atoms with E-state index in [4.69, 9.17) is 5.73 Å². The molecule has 154 valence electrons. The minimum absolute atomic E-state index is 0.155. The largest absolute Gasteiger partial charge is 0.397 e. The van der Waals surface area contributed by atoms with Gasteiger partial charge in [-0.05, 0) is 66.3 Å². The summed E-state index contributed by atoms with van der Waals surface area (Å²) in [4.78, 5) is 12.7. The van der Waals surface area contributed by atoms with Crippen molar-refractivity contribution in [1.29, 1.82) is 0 Å². The smallest absolute Gasteiger partial charge is 0.255 e. The van der Waals surface area contributed by atoms with Gasteiger partial charge in [0.25, 0.3) is 5.91 Å². The molecule has 0 atom stereocenters. The molecule has 1 amide bonds. The van der Waals surface area contributed by atoms with Gasteiger partial charge in [-0.2, -0.15) is 0 Å². The van der Waals surface area contributed by atoms with E-state index in [9.17, 15) is 4.79 Å². The van der Waals surface area contributed by atoms with Crippen LogP contribution in [0.3, 0.4) is 0 Å². The zero-order valence-electron chi connectivity index (χ0n) is 17.2. The Morgan fingerprint density at radius 1 is 0.900 bits per heavy atom. The molecule has 4 rings (SSSR count). The maximum atomic E-state index is 12.7. The van der Waals surface area contributed by atoms with Crippen LogP contribution in [0.1, 0.15) is 41.6 Å². The van der Waals surface area contributed by atoms with E-state index in [-0.39, 0.29) is 5.91 Å². The van der Waals surface area contributed by atoms with Crippen LogP contribution < -0.4 is 16.4 Å². The lowest BCUT2D eigenvalue weighted by Crippen LogP contribution is -2.20. The van der Waals surface area contributed by atoms with Gasteiger partial charge in [-0.25, -0.2) is 0 Å². The lowest BCUT2D eigenvalue weighted by molar-refractivity contribution is 0.102. The van der Waals surface area contributed by atoms with Gasteiger partial charge in [-0.3, -0.25) is 4.79 Å². The van der Waals surface area contributed by atoms with Gasteiger partial charge in [0.1, 0.15) is 0 Å². The Balaban J connectivity index is 1.37. The normalized spacial score (nSPS) is 14.0. The molecule has 1 aliphatic rings. The van der Waals surface area contributed by atoms with Crippen LogP contribution in [0, 0.1) is 5.92 Å². The molecule has 0 bridgehead atoms. The van der Waals surface area contributed by atoms with Gasteiger partial charge in [-0.1, -0.05) is 61.4 Å². The van der Waals surface area contributed by atoms with E-state index in [1.807, 2.05) is 72.8 Å². The van der Waals surface area contributed by atoms with Crippen LogP contribution in [-0.2, 0) is 6.54 Å². The summed E-state index contributed by atoms with van der Waals surface area (Å²) in [6.07, 6.45) is 5.44. The minimum atomic E-state index is -0.155. The Hall–Kier alpha value is -3.11. The molecule has 0 heterocycles. The van der Waals surface area contributed by atoms with Crippen LogP contribution in [0.15, 0.2) is 72.8 Å². The Morgan fingerprint density at radius 2 is 1.63 bits per heavy atom. The lowest BCUT2D eigenvalue weighted by Gasteiger charge is -2.12. The van der Waals surface area contributed by atoms with Crippen molar-refractivity contribution in [1.82, 2.24) is 5.32 Å². The molecule has 0 radical (unpaired) electrons. The van der Waals surface area contributed by atoms with Gasteiger partial charge in [-0.15, -0.1) is 0 Å². The van der Waals surface area contributed by atoms with Crippen LogP contribution in [-0.4, -0.2) is 12.5 Å². The summed E-state index contributed by atoms with van der Waals surface area (Å²) in [5.74, 6) is 0.671. The molecule has 3 aromatic carbocycles. The SMILES string of the molecule is Nc1ccc(-c2ccccc2)cc1NC(=O)c1ccc(CNCC2CCCC2)cc1. The number of hydrogen-bond donors (Lipinski definition) is 3. The van der Waals surface area contributed by atoms with E-state index in [0.29, 0.717) is 16.9 Å². The molecule has 4 nitrogen and oxygen atoms in total. The quantitative estimate of drug-likeness (QED) is 0.462. The predicted molar refractivity (Wildman–Crippen MR) is 124 cm³/mol. The van der Waals surface area contributed by atoms with Crippen molar-refractivity contribution < 1.29 is 4.79 Å². The van der Waals surface area contributed by atoms with E-state index < -0.39 is 0 Å². The van der Waals surface area contributed by atoms with E-state index >= 15 is 0 Å². The average molecular weight is 400 g/mol. The van der Waals surface area contributed by atoms with Gasteiger partial charge < -0.3 is 16.4 Å². The molecular formula is C26H29N3O. The highest BCUT2D eigenvalue weighted by Gasteiger charge is 2.14. The number of carbonyl (C=O) groups is 1. The van der Waals surface area contributed by atoms with Crippen molar-refractivity contribution >= 4 is 17.3 Å². The Morgan fingerprint density at radius 3 is 2.37 bits per heavy atom. The van der Waals surface area contributed by atoms with Crippen molar-refractivity contribution in [2.75, 3.05) is 17.6 Å². The molecular weight excluding hydrogens is 370 g/mol. The topological polar surface area (TPSA) is 67.1 Å². The predicted octanol–water partition coefficient (Wildman–Crippen LogP) is 5.47. The molecule has 0 aliphatic heterocycles. The third-order valence-electron chi connectivity index (χ3n) is 5.86. The van der Waals surface area contributed by atoms with E-state index in [2.05, 4.69) is 10.6 Å². The zero-order valence-corrected chi connectivity index (χ0v) is 17.2. The van der Waals surface area contributed by atoms with Crippen LogP contribution in [0.4, 0.5) is 11.4 Å². The third kappa shape index (κ3) is 5.08.